The molecule has 0 amide bonds. The lowest BCUT2D eigenvalue weighted by molar-refractivity contribution is 0.590. The number of rotatable bonds is 1. The average molecular weight is 711 g/mol. The molecule has 2 aliphatic heterocycles. The Balaban J connectivity index is 1.28. The van der Waals surface area contributed by atoms with Crippen LogP contribution in [0.3, 0.4) is 0 Å². The van der Waals surface area contributed by atoms with E-state index in [1.54, 1.807) is 0 Å². The monoisotopic (exact) mass is 710 g/mol. The summed E-state index contributed by atoms with van der Waals surface area (Å²) < 4.78 is 15.7. The number of hydrogen-bond acceptors (Lipinski definition) is 3. The smallest absolute Gasteiger partial charge is 0.333 e. The molecule has 0 aliphatic carbocycles. The van der Waals surface area contributed by atoms with Gasteiger partial charge < -0.3 is 18.2 Å². The van der Waals surface area contributed by atoms with Crippen LogP contribution in [0.15, 0.2) is 136 Å². The highest BCUT2D eigenvalue weighted by Crippen LogP contribution is 2.48. The van der Waals surface area contributed by atoms with E-state index in [0.29, 0.717) is 0 Å². The third kappa shape index (κ3) is 4.08. The molecule has 4 nitrogen and oxygen atoms in total. The first-order valence-electron chi connectivity index (χ1n) is 19.5. The number of anilines is 2. The number of nitrogens with zero attached hydrogens (tertiary/aromatic N) is 2. The van der Waals surface area contributed by atoms with E-state index >= 15 is 0 Å². The van der Waals surface area contributed by atoms with Crippen LogP contribution in [0.2, 0.25) is 0 Å². The minimum atomic E-state index is -0.0892. The van der Waals surface area contributed by atoms with Crippen LogP contribution in [0, 0.1) is 0 Å². The molecule has 55 heavy (non-hydrogen) atoms. The van der Waals surface area contributed by atoms with Crippen molar-refractivity contribution >= 4 is 94.8 Å². The predicted molar refractivity (Wildman–Crippen MR) is 232 cm³/mol. The zero-order valence-electron chi connectivity index (χ0n) is 31.9. The summed E-state index contributed by atoms with van der Waals surface area (Å²) in [5.74, 6) is 0. The fourth-order valence-corrected chi connectivity index (χ4v) is 9.79. The second kappa shape index (κ2) is 10.3. The zero-order valence-corrected chi connectivity index (χ0v) is 31.9. The average Bonchev–Trinajstić information content (AvgIpc) is 3.85. The predicted octanol–water partition coefficient (Wildman–Crippen LogP) is 12.4. The summed E-state index contributed by atoms with van der Waals surface area (Å²) in [4.78, 5) is 2.62. The summed E-state index contributed by atoms with van der Waals surface area (Å²) in [7, 11) is 0. The van der Waals surface area contributed by atoms with Crippen LogP contribution >= 0.6 is 0 Å². The van der Waals surface area contributed by atoms with Gasteiger partial charge in [0.25, 0.3) is 0 Å². The molecule has 12 rings (SSSR count). The Morgan fingerprint density at radius 1 is 0.491 bits per heavy atom. The summed E-state index contributed by atoms with van der Waals surface area (Å²) >= 11 is 0. The molecule has 0 saturated carbocycles. The van der Waals surface area contributed by atoms with E-state index in [-0.39, 0.29) is 17.7 Å². The maximum Gasteiger partial charge on any atom is 0.333 e. The van der Waals surface area contributed by atoms with Gasteiger partial charge in [0.05, 0.1) is 11.0 Å². The van der Waals surface area contributed by atoms with Gasteiger partial charge >= 0.3 is 6.85 Å². The third-order valence-corrected chi connectivity index (χ3v) is 12.5. The molecule has 0 fully saturated rings. The van der Waals surface area contributed by atoms with Crippen LogP contribution in [0.4, 0.5) is 11.4 Å². The van der Waals surface area contributed by atoms with Crippen LogP contribution in [0.5, 0.6) is 0 Å². The molecule has 5 heterocycles. The molecule has 5 heteroatoms. The summed E-state index contributed by atoms with van der Waals surface area (Å²) in [5, 5.41) is 7.06. The number of hydrogen-bond donors (Lipinski definition) is 0. The van der Waals surface area contributed by atoms with Gasteiger partial charge in [0.1, 0.15) is 22.3 Å². The lowest BCUT2D eigenvalue weighted by atomic mass is 9.44. The van der Waals surface area contributed by atoms with Crippen molar-refractivity contribution in [2.75, 3.05) is 4.81 Å². The highest BCUT2D eigenvalue weighted by molar-refractivity contribution is 6.94. The Morgan fingerprint density at radius 3 is 1.95 bits per heavy atom. The Hall–Kier alpha value is -6.20. The van der Waals surface area contributed by atoms with Crippen LogP contribution in [-0.2, 0) is 10.8 Å². The van der Waals surface area contributed by atoms with Crippen molar-refractivity contribution in [1.29, 1.82) is 0 Å². The molecule has 3 aromatic heterocycles. The molecule has 2 aliphatic rings. The van der Waals surface area contributed by atoms with Crippen molar-refractivity contribution in [3.63, 3.8) is 0 Å². The maximum absolute atomic E-state index is 6.63. The lowest BCUT2D eigenvalue weighted by Gasteiger charge is -2.42. The van der Waals surface area contributed by atoms with E-state index in [1.807, 2.05) is 0 Å². The standard InChI is InChI=1S/C50H39BN2O2/c1-49(2,3)28-15-18-30(19-16-28)53-38-22-17-29(50(4,5)6)25-35(38)32-20-21-34-45-39(23-24-43-46(45)33-12-8-10-14-42(33)54-43)52-40-27-44-36(31-11-7-9-13-41(31)55-44)26-37(40)51(53)47(32)48(34)52/h7-27H,1-6H3. The highest BCUT2D eigenvalue weighted by atomic mass is 16.3. The normalized spacial score (nSPS) is 13.9. The van der Waals surface area contributed by atoms with E-state index in [2.05, 4.69) is 178 Å². The minimum Gasteiger partial charge on any atom is -0.456 e. The van der Waals surface area contributed by atoms with Gasteiger partial charge in [-0.15, -0.1) is 0 Å². The molecule has 264 valence electrons. The van der Waals surface area contributed by atoms with Crippen molar-refractivity contribution in [2.45, 2.75) is 52.4 Å². The number of aromatic nitrogens is 1. The Bertz CT molecular complexity index is 3290. The molecule has 0 saturated heterocycles. The van der Waals surface area contributed by atoms with Gasteiger partial charge in [-0.25, -0.2) is 0 Å². The second-order valence-corrected chi connectivity index (χ2v) is 17.7. The highest BCUT2D eigenvalue weighted by Gasteiger charge is 2.44. The maximum atomic E-state index is 6.63. The van der Waals surface area contributed by atoms with Gasteiger partial charge in [0.2, 0.25) is 0 Å². The molecule has 0 radical (unpaired) electrons. The van der Waals surface area contributed by atoms with Gasteiger partial charge in [0.15, 0.2) is 0 Å². The molecular formula is C50H39BN2O2. The van der Waals surface area contributed by atoms with Crippen LogP contribution in [0.1, 0.15) is 52.7 Å². The minimum absolute atomic E-state index is 0.00418. The van der Waals surface area contributed by atoms with Gasteiger partial charge in [-0.1, -0.05) is 114 Å². The van der Waals surface area contributed by atoms with Crippen molar-refractivity contribution in [3.05, 3.63) is 139 Å². The van der Waals surface area contributed by atoms with E-state index in [9.17, 15) is 0 Å². The summed E-state index contributed by atoms with van der Waals surface area (Å²) in [6.45, 7) is 13.7. The molecule has 0 spiro atoms. The summed E-state index contributed by atoms with van der Waals surface area (Å²) in [5.41, 5.74) is 17.5. The molecular weight excluding hydrogens is 671 g/mol. The van der Waals surface area contributed by atoms with Crippen molar-refractivity contribution in [3.8, 4) is 16.8 Å². The summed E-state index contributed by atoms with van der Waals surface area (Å²) in [6, 6.07) is 47.3. The quantitative estimate of drug-likeness (QED) is 0.159. The van der Waals surface area contributed by atoms with Gasteiger partial charge in [-0.3, -0.25) is 0 Å². The SMILES string of the molecule is CC(C)(C)c1ccc(N2B3c4cc5c(cc4-n4c6ccc7oc8ccccc8c7c6c6ccc(c3c64)-c3cc(C(C)(C)C)ccc32)oc2ccccc25)cc1. The number of fused-ring (bicyclic) bond motifs is 15. The van der Waals surface area contributed by atoms with Gasteiger partial charge in [-0.05, 0) is 87.0 Å². The molecule has 7 aromatic carbocycles. The fourth-order valence-electron chi connectivity index (χ4n) is 9.79. The Kier molecular flexibility index (Phi) is 5.84. The first-order chi connectivity index (χ1) is 26.5. The number of benzene rings is 7. The molecule has 10 aromatic rings. The summed E-state index contributed by atoms with van der Waals surface area (Å²) in [6.07, 6.45) is 0. The van der Waals surface area contributed by atoms with E-state index < -0.39 is 0 Å². The molecule has 0 unspecified atom stereocenters. The number of para-hydroxylation sites is 2. The van der Waals surface area contributed by atoms with E-state index in [0.717, 1.165) is 44.2 Å². The fraction of sp³-hybridized carbons (Fsp3) is 0.160. The van der Waals surface area contributed by atoms with Crippen molar-refractivity contribution in [2.24, 2.45) is 0 Å². The zero-order chi connectivity index (χ0) is 37.1. The Morgan fingerprint density at radius 2 is 1.18 bits per heavy atom. The lowest BCUT2D eigenvalue weighted by Crippen LogP contribution is -2.60. The van der Waals surface area contributed by atoms with Crippen molar-refractivity contribution < 1.29 is 8.83 Å². The number of furan rings is 2. The van der Waals surface area contributed by atoms with Crippen LogP contribution < -0.4 is 15.7 Å². The molecule has 0 atom stereocenters. The first-order valence-corrected chi connectivity index (χ1v) is 19.5. The molecule has 0 bridgehead atoms. The molecule has 0 N–H and O–H groups in total. The largest absolute Gasteiger partial charge is 0.456 e. The third-order valence-electron chi connectivity index (χ3n) is 12.5. The van der Waals surface area contributed by atoms with E-state index in [4.69, 9.17) is 8.83 Å². The second-order valence-electron chi connectivity index (χ2n) is 17.7. The first kappa shape index (κ1) is 31.2. The van der Waals surface area contributed by atoms with Crippen LogP contribution in [-0.4, -0.2) is 11.4 Å². The van der Waals surface area contributed by atoms with Crippen molar-refractivity contribution in [1.82, 2.24) is 4.57 Å². The Labute approximate surface area is 319 Å². The van der Waals surface area contributed by atoms with Gasteiger partial charge in [-0.2, -0.15) is 0 Å². The topological polar surface area (TPSA) is 34.5 Å². The van der Waals surface area contributed by atoms with Crippen LogP contribution in [0.25, 0.3) is 82.5 Å². The van der Waals surface area contributed by atoms with Gasteiger partial charge in [0, 0.05) is 61.0 Å². The van der Waals surface area contributed by atoms with E-state index in [1.165, 1.54) is 71.7 Å².